The van der Waals surface area contributed by atoms with Crippen LogP contribution in [0.3, 0.4) is 0 Å². The van der Waals surface area contributed by atoms with Gasteiger partial charge in [0.2, 0.25) is 0 Å². The lowest BCUT2D eigenvalue weighted by molar-refractivity contribution is -0.183. The number of hydrogen-bond acceptors (Lipinski definition) is 5. The summed E-state index contributed by atoms with van der Waals surface area (Å²) >= 11 is 0. The number of carbonyl (C=O) groups excluding carboxylic acids is 1. The maximum atomic E-state index is 13.2. The van der Waals surface area contributed by atoms with Gasteiger partial charge in [0, 0.05) is 37.6 Å². The van der Waals surface area contributed by atoms with E-state index in [1.165, 1.54) is 38.5 Å². The van der Waals surface area contributed by atoms with Crippen molar-refractivity contribution in [2.75, 3.05) is 33.8 Å². The number of rotatable bonds is 2. The summed E-state index contributed by atoms with van der Waals surface area (Å²) in [5, 5.41) is 12.0. The highest BCUT2D eigenvalue weighted by Crippen LogP contribution is 2.89. The fraction of sp³-hybridized carbons (Fsp3) is 0.969. The summed E-state index contributed by atoms with van der Waals surface area (Å²) in [4.78, 5) is 17.2. The highest BCUT2D eigenvalue weighted by atomic mass is 16.6. The van der Waals surface area contributed by atoms with Crippen LogP contribution >= 0.6 is 0 Å². The molecule has 7 aliphatic rings. The van der Waals surface area contributed by atoms with Crippen molar-refractivity contribution in [3.05, 3.63) is 0 Å². The van der Waals surface area contributed by atoms with Gasteiger partial charge in [-0.1, -0.05) is 34.6 Å². The maximum Gasteiger partial charge on any atom is 0.410 e. The number of likely N-dealkylation sites (tertiary alicyclic amines) is 1. The fourth-order valence-electron chi connectivity index (χ4n) is 12.6. The number of aliphatic hydroxyl groups excluding tert-OH is 1. The molecule has 38 heavy (non-hydrogen) atoms. The van der Waals surface area contributed by atoms with E-state index >= 15 is 0 Å². The van der Waals surface area contributed by atoms with Gasteiger partial charge in [0.05, 0.1) is 18.2 Å². The summed E-state index contributed by atoms with van der Waals surface area (Å²) in [6.45, 7) is 14.9. The van der Waals surface area contributed by atoms with E-state index in [9.17, 15) is 9.90 Å². The largest absolute Gasteiger partial charge is 0.446 e. The van der Waals surface area contributed by atoms with E-state index in [1.807, 2.05) is 11.9 Å². The van der Waals surface area contributed by atoms with Crippen molar-refractivity contribution < 1.29 is 19.4 Å². The van der Waals surface area contributed by atoms with Crippen LogP contribution in [0, 0.1) is 50.7 Å². The molecule has 0 aromatic heterocycles. The number of aliphatic hydroxyl groups is 1. The van der Waals surface area contributed by atoms with E-state index < -0.39 is 0 Å². The van der Waals surface area contributed by atoms with Crippen LogP contribution in [0.15, 0.2) is 0 Å². The molecule has 7 rings (SSSR count). The minimum atomic E-state index is -0.358. The molecule has 1 amide bonds. The average molecular weight is 529 g/mol. The number of amides is 1. The van der Waals surface area contributed by atoms with Crippen molar-refractivity contribution in [3.63, 3.8) is 0 Å². The van der Waals surface area contributed by atoms with E-state index in [0.717, 1.165) is 32.5 Å². The molecule has 7 fully saturated rings. The van der Waals surface area contributed by atoms with E-state index in [2.05, 4.69) is 46.6 Å². The Labute approximate surface area is 230 Å². The molecule has 0 aromatic carbocycles. The van der Waals surface area contributed by atoms with Gasteiger partial charge in [-0.3, -0.25) is 0 Å². The standard InChI is InChI=1S/C32H52N2O4/c1-19-11-15-37-25-24(19)29(4)13-14-32-18-31(32)12-10-23(38-27(36)34(7)20-16-33(6)17-20)28(2,3)21(31)8-9-22(32)30(29,5)26(25)35/h19-26,35H,8-18H2,1-7H3/t19-,21+,22?,23+,24+,25?,26+,29-,30-,31-,32+/m1/s1. The Hall–Kier alpha value is -0.850. The highest BCUT2D eigenvalue weighted by molar-refractivity contribution is 5.68. The zero-order valence-corrected chi connectivity index (χ0v) is 25.0. The van der Waals surface area contributed by atoms with Gasteiger partial charge in [0.1, 0.15) is 6.10 Å². The molecule has 11 atom stereocenters. The molecule has 2 heterocycles. The molecule has 0 aromatic rings. The van der Waals surface area contributed by atoms with Gasteiger partial charge in [-0.15, -0.1) is 0 Å². The molecule has 2 spiro atoms. The SMILES string of the molecule is C[C@@H]1CCOC2[C@H]1[C@@]1(C)CC[C@@]34C[C@@]35CC[C@H](OC(=O)N(C)C3CN(C)C3)C(C)(C)[C@@H]5CCC4[C@]1(C)[C@H]2O. The maximum absolute atomic E-state index is 13.2. The van der Waals surface area contributed by atoms with Gasteiger partial charge in [-0.2, -0.15) is 0 Å². The fourth-order valence-corrected chi connectivity index (χ4v) is 12.6. The highest BCUT2D eigenvalue weighted by Gasteiger charge is 2.84. The van der Waals surface area contributed by atoms with Gasteiger partial charge in [0.15, 0.2) is 0 Å². The Kier molecular flexibility index (Phi) is 5.43. The first-order valence-corrected chi connectivity index (χ1v) is 15.8. The predicted molar refractivity (Wildman–Crippen MR) is 146 cm³/mol. The third kappa shape index (κ3) is 2.89. The molecule has 2 saturated heterocycles. The average Bonchev–Trinajstić information content (AvgIpc) is 3.48. The topological polar surface area (TPSA) is 62.2 Å². The van der Waals surface area contributed by atoms with Gasteiger partial charge in [0.25, 0.3) is 0 Å². The molecule has 1 N–H and O–H groups in total. The number of fused-ring (bicyclic) bond motifs is 4. The second-order valence-corrected chi connectivity index (χ2v) is 16.2. The third-order valence-corrected chi connectivity index (χ3v) is 14.8. The second kappa shape index (κ2) is 7.91. The van der Waals surface area contributed by atoms with Crippen LogP contribution < -0.4 is 0 Å². The summed E-state index contributed by atoms with van der Waals surface area (Å²) in [6, 6.07) is 0.276. The van der Waals surface area contributed by atoms with Crippen LogP contribution in [0.25, 0.3) is 0 Å². The van der Waals surface area contributed by atoms with Gasteiger partial charge in [-0.05, 0) is 98.3 Å². The molecular weight excluding hydrogens is 476 g/mol. The molecule has 5 aliphatic carbocycles. The molecular formula is C32H52N2O4. The van der Waals surface area contributed by atoms with E-state index in [4.69, 9.17) is 9.47 Å². The normalized spacial score (nSPS) is 54.9. The molecule has 214 valence electrons. The van der Waals surface area contributed by atoms with Crippen molar-refractivity contribution in [2.45, 2.75) is 110 Å². The van der Waals surface area contributed by atoms with Crippen molar-refractivity contribution >= 4 is 6.09 Å². The van der Waals surface area contributed by atoms with Crippen molar-refractivity contribution in [1.82, 2.24) is 9.80 Å². The first-order valence-electron chi connectivity index (χ1n) is 15.8. The van der Waals surface area contributed by atoms with Gasteiger partial charge >= 0.3 is 6.09 Å². The summed E-state index contributed by atoms with van der Waals surface area (Å²) in [6.07, 6.45) is 9.02. The van der Waals surface area contributed by atoms with Gasteiger partial charge < -0.3 is 24.4 Å². The molecule has 2 aliphatic heterocycles. The minimum absolute atomic E-state index is 0.00959. The van der Waals surface area contributed by atoms with Crippen molar-refractivity contribution in [3.8, 4) is 0 Å². The molecule has 0 radical (unpaired) electrons. The van der Waals surface area contributed by atoms with E-state index in [1.54, 1.807) is 0 Å². The molecule has 0 bridgehead atoms. The second-order valence-electron chi connectivity index (χ2n) is 16.2. The summed E-state index contributed by atoms with van der Waals surface area (Å²) in [5.41, 5.74) is 0.740. The molecule has 6 nitrogen and oxygen atoms in total. The van der Waals surface area contributed by atoms with Crippen LogP contribution in [-0.2, 0) is 9.47 Å². The monoisotopic (exact) mass is 528 g/mol. The third-order valence-electron chi connectivity index (χ3n) is 14.8. The zero-order chi connectivity index (χ0) is 27.0. The van der Waals surface area contributed by atoms with Gasteiger partial charge in [-0.25, -0.2) is 4.79 Å². The van der Waals surface area contributed by atoms with Crippen LogP contribution in [0.2, 0.25) is 0 Å². The van der Waals surface area contributed by atoms with Crippen molar-refractivity contribution in [1.29, 1.82) is 0 Å². The summed E-state index contributed by atoms with van der Waals surface area (Å²) < 4.78 is 12.7. The number of ether oxygens (including phenoxy) is 2. The predicted octanol–water partition coefficient (Wildman–Crippen LogP) is 5.18. The lowest BCUT2D eigenvalue weighted by Gasteiger charge is -2.63. The van der Waals surface area contributed by atoms with Crippen LogP contribution in [0.1, 0.15) is 86.0 Å². The molecule has 6 heteroatoms. The number of carbonyl (C=O) groups is 1. The van der Waals surface area contributed by atoms with Crippen LogP contribution in [0.4, 0.5) is 4.79 Å². The number of hydrogen-bond donors (Lipinski definition) is 1. The van der Waals surface area contributed by atoms with Crippen LogP contribution in [-0.4, -0.2) is 79.1 Å². The Morgan fingerprint density at radius 3 is 2.39 bits per heavy atom. The Morgan fingerprint density at radius 2 is 1.68 bits per heavy atom. The smallest absolute Gasteiger partial charge is 0.410 e. The Balaban J connectivity index is 1.14. The lowest BCUT2D eigenvalue weighted by atomic mass is 9.41. The Bertz CT molecular complexity index is 1010. The summed E-state index contributed by atoms with van der Waals surface area (Å²) in [7, 11) is 4.01. The first kappa shape index (κ1) is 26.1. The zero-order valence-electron chi connectivity index (χ0n) is 25.0. The van der Waals surface area contributed by atoms with Crippen molar-refractivity contribution in [2.24, 2.45) is 50.7 Å². The number of nitrogens with zero attached hydrogens (tertiary/aromatic N) is 2. The molecule has 2 unspecified atom stereocenters. The summed E-state index contributed by atoms with van der Waals surface area (Å²) in [5.74, 6) is 2.25. The van der Waals surface area contributed by atoms with E-state index in [-0.39, 0.29) is 46.7 Å². The number of likely N-dealkylation sites (N-methyl/N-ethyl adjacent to an activating group) is 2. The van der Waals surface area contributed by atoms with Crippen LogP contribution in [0.5, 0.6) is 0 Å². The molecule has 5 saturated carbocycles. The first-order chi connectivity index (χ1) is 17.8. The Morgan fingerprint density at radius 1 is 1.00 bits per heavy atom. The minimum Gasteiger partial charge on any atom is -0.446 e. The van der Waals surface area contributed by atoms with E-state index in [0.29, 0.717) is 34.5 Å². The lowest BCUT2D eigenvalue weighted by Crippen LogP contribution is -2.61. The quantitative estimate of drug-likeness (QED) is 0.535.